The van der Waals surface area contributed by atoms with Crippen molar-refractivity contribution in [1.82, 2.24) is 15.1 Å². The lowest BCUT2D eigenvalue weighted by Gasteiger charge is -2.23. The normalized spacial score (nSPS) is 15.4. The van der Waals surface area contributed by atoms with Crippen LogP contribution in [0.4, 0.5) is 0 Å². The second-order valence-electron chi connectivity index (χ2n) is 4.39. The zero-order valence-electron chi connectivity index (χ0n) is 11.6. The highest BCUT2D eigenvalue weighted by Crippen LogP contribution is 2.27. The number of ether oxygens (including phenoxy) is 1. The number of hydrogen-bond donors (Lipinski definition) is 1. The lowest BCUT2D eigenvalue weighted by atomic mass is 10.1. The Labute approximate surface area is 119 Å². The minimum atomic E-state index is -3.19. The zero-order valence-corrected chi connectivity index (χ0v) is 13.1. The summed E-state index contributed by atoms with van der Waals surface area (Å²) in [7, 11) is 0.114. The highest BCUT2D eigenvalue weighted by molar-refractivity contribution is 7.91. The van der Waals surface area contributed by atoms with Crippen molar-refractivity contribution in [1.29, 1.82) is 0 Å². The van der Waals surface area contributed by atoms with Crippen molar-refractivity contribution in [3.63, 3.8) is 0 Å². The Hall–Kier alpha value is -0.630. The van der Waals surface area contributed by atoms with Crippen LogP contribution in [-0.4, -0.2) is 50.5 Å². The molecule has 0 amide bonds. The molecule has 2 unspecified atom stereocenters. The van der Waals surface area contributed by atoms with Gasteiger partial charge in [0.05, 0.1) is 41.4 Å². The third kappa shape index (κ3) is 3.92. The number of nitrogens with one attached hydrogen (secondary N) is 1. The van der Waals surface area contributed by atoms with Crippen molar-refractivity contribution in [2.24, 2.45) is 0 Å². The monoisotopic (exact) mass is 309 g/mol. The van der Waals surface area contributed by atoms with E-state index >= 15 is 0 Å². The molecule has 0 bridgehead atoms. The zero-order chi connectivity index (χ0) is 14.6. The Kier molecular flexibility index (Phi) is 5.79. The van der Waals surface area contributed by atoms with Gasteiger partial charge >= 0.3 is 0 Å². The molecule has 1 aromatic heterocycles. The molecule has 2 atom stereocenters. The van der Waals surface area contributed by atoms with E-state index in [0.717, 1.165) is 0 Å². The largest absolute Gasteiger partial charge is 0.383 e. The minimum Gasteiger partial charge on any atom is -0.383 e. The van der Waals surface area contributed by atoms with Crippen molar-refractivity contribution in [3.05, 3.63) is 16.9 Å². The summed E-state index contributed by atoms with van der Waals surface area (Å²) in [6, 6.07) is -0.415. The molecule has 0 spiro atoms. The van der Waals surface area contributed by atoms with Crippen LogP contribution in [0.3, 0.4) is 0 Å². The first kappa shape index (κ1) is 16.4. The molecule has 0 aliphatic rings. The molecule has 0 aromatic carbocycles. The summed E-state index contributed by atoms with van der Waals surface area (Å²) in [4.78, 5) is 0. The van der Waals surface area contributed by atoms with E-state index in [2.05, 4.69) is 10.4 Å². The van der Waals surface area contributed by atoms with E-state index in [0.29, 0.717) is 23.9 Å². The van der Waals surface area contributed by atoms with Crippen LogP contribution >= 0.6 is 11.6 Å². The van der Waals surface area contributed by atoms with Gasteiger partial charge in [-0.05, 0) is 14.0 Å². The Balaban J connectivity index is 3.14. The van der Waals surface area contributed by atoms with Gasteiger partial charge in [-0.25, -0.2) is 8.42 Å². The summed E-state index contributed by atoms with van der Waals surface area (Å²) in [5, 5.41) is 7.01. The van der Waals surface area contributed by atoms with E-state index < -0.39 is 21.1 Å². The van der Waals surface area contributed by atoms with Crippen molar-refractivity contribution in [2.75, 3.05) is 27.0 Å². The Bertz CT molecular complexity index is 515. The smallest absolute Gasteiger partial charge is 0.151 e. The summed E-state index contributed by atoms with van der Waals surface area (Å²) in [5.74, 6) is 0. The number of methoxy groups -OCH3 is 1. The second-order valence-corrected chi connectivity index (χ2v) is 7.20. The maximum atomic E-state index is 11.7. The first-order valence-corrected chi connectivity index (χ1v) is 8.22. The van der Waals surface area contributed by atoms with Crippen LogP contribution in [0.2, 0.25) is 5.02 Å². The fraction of sp³-hybridized carbons (Fsp3) is 0.727. The molecule has 1 aromatic rings. The van der Waals surface area contributed by atoms with Gasteiger partial charge in [-0.15, -0.1) is 0 Å². The molecule has 8 heteroatoms. The maximum absolute atomic E-state index is 11.7. The number of halogens is 1. The van der Waals surface area contributed by atoms with E-state index in [1.165, 1.54) is 12.5 Å². The molecule has 1 N–H and O–H groups in total. The van der Waals surface area contributed by atoms with Crippen LogP contribution in [0.1, 0.15) is 18.7 Å². The first-order valence-electron chi connectivity index (χ1n) is 5.89. The first-order chi connectivity index (χ1) is 8.82. The molecule has 0 saturated heterocycles. The van der Waals surface area contributed by atoms with Crippen molar-refractivity contribution < 1.29 is 13.2 Å². The topological polar surface area (TPSA) is 73.2 Å². The number of rotatable bonds is 7. The Morgan fingerprint density at radius 3 is 2.68 bits per heavy atom. The molecule has 19 heavy (non-hydrogen) atoms. The molecule has 0 aliphatic carbocycles. The lowest BCUT2D eigenvalue weighted by molar-refractivity contribution is 0.181. The lowest BCUT2D eigenvalue weighted by Crippen LogP contribution is -2.35. The van der Waals surface area contributed by atoms with Gasteiger partial charge in [-0.2, -0.15) is 5.10 Å². The van der Waals surface area contributed by atoms with Gasteiger partial charge in [0.2, 0.25) is 0 Å². The molecule has 110 valence electrons. The standard InChI is InChI=1S/C11H20ClN3O3S/c1-8(19(4,16)17)10(13-2)11-9(12)7-14-15(11)5-6-18-3/h7-8,10,13H,5-6H2,1-4H3. The van der Waals surface area contributed by atoms with Gasteiger partial charge in [0.15, 0.2) is 9.84 Å². The fourth-order valence-electron chi connectivity index (χ4n) is 1.88. The SMILES string of the molecule is CNC(c1c(Cl)cnn1CCOC)C(C)S(C)(=O)=O. The van der Waals surface area contributed by atoms with Crippen LogP contribution in [0.25, 0.3) is 0 Å². The molecule has 0 saturated carbocycles. The number of aromatic nitrogens is 2. The average Bonchev–Trinajstić information content (AvgIpc) is 2.69. The summed E-state index contributed by atoms with van der Waals surface area (Å²) < 4.78 is 30.1. The number of sulfone groups is 1. The van der Waals surface area contributed by atoms with Crippen molar-refractivity contribution in [3.8, 4) is 0 Å². The van der Waals surface area contributed by atoms with E-state index in [9.17, 15) is 8.42 Å². The molecule has 1 rings (SSSR count). The molecule has 1 heterocycles. The van der Waals surface area contributed by atoms with Crippen LogP contribution in [0, 0.1) is 0 Å². The van der Waals surface area contributed by atoms with Crippen LogP contribution < -0.4 is 5.32 Å². The van der Waals surface area contributed by atoms with Gasteiger partial charge < -0.3 is 10.1 Å². The van der Waals surface area contributed by atoms with Crippen LogP contribution in [0.15, 0.2) is 6.20 Å². The molecule has 0 radical (unpaired) electrons. The molecular weight excluding hydrogens is 290 g/mol. The average molecular weight is 310 g/mol. The van der Waals surface area contributed by atoms with E-state index in [4.69, 9.17) is 16.3 Å². The Morgan fingerprint density at radius 2 is 2.21 bits per heavy atom. The fourth-order valence-corrected chi connectivity index (χ4v) is 2.90. The predicted molar refractivity (Wildman–Crippen MR) is 75.2 cm³/mol. The summed E-state index contributed by atoms with van der Waals surface area (Å²) in [6.45, 7) is 2.66. The number of nitrogens with zero attached hydrogens (tertiary/aromatic N) is 2. The quantitative estimate of drug-likeness (QED) is 0.809. The molecule has 0 fully saturated rings. The van der Waals surface area contributed by atoms with Gasteiger partial charge in [-0.1, -0.05) is 11.6 Å². The van der Waals surface area contributed by atoms with Crippen LogP contribution in [0.5, 0.6) is 0 Å². The third-order valence-corrected chi connectivity index (χ3v) is 5.00. The van der Waals surface area contributed by atoms with E-state index in [-0.39, 0.29) is 0 Å². The van der Waals surface area contributed by atoms with Crippen LogP contribution in [-0.2, 0) is 21.1 Å². The summed E-state index contributed by atoms with van der Waals surface area (Å²) in [6.07, 6.45) is 2.73. The highest BCUT2D eigenvalue weighted by Gasteiger charge is 2.30. The molecule has 6 nitrogen and oxygen atoms in total. The number of hydrogen-bond acceptors (Lipinski definition) is 5. The molecular formula is C11H20ClN3O3S. The van der Waals surface area contributed by atoms with Crippen molar-refractivity contribution in [2.45, 2.75) is 24.8 Å². The summed E-state index contributed by atoms with van der Waals surface area (Å²) >= 11 is 6.13. The van der Waals surface area contributed by atoms with E-state index in [1.54, 1.807) is 25.8 Å². The van der Waals surface area contributed by atoms with Crippen molar-refractivity contribution >= 4 is 21.4 Å². The second kappa shape index (κ2) is 6.69. The highest BCUT2D eigenvalue weighted by atomic mass is 35.5. The maximum Gasteiger partial charge on any atom is 0.151 e. The predicted octanol–water partition coefficient (Wildman–Crippen LogP) is 0.877. The Morgan fingerprint density at radius 1 is 1.58 bits per heavy atom. The third-order valence-electron chi connectivity index (χ3n) is 3.09. The summed E-state index contributed by atoms with van der Waals surface area (Å²) in [5.41, 5.74) is 0.666. The minimum absolute atomic E-state index is 0.415. The van der Waals surface area contributed by atoms with E-state index in [1.807, 2.05) is 0 Å². The van der Waals surface area contributed by atoms with Gasteiger partial charge in [0, 0.05) is 13.4 Å². The molecule has 0 aliphatic heterocycles. The van der Waals surface area contributed by atoms with Gasteiger partial charge in [-0.3, -0.25) is 4.68 Å². The van der Waals surface area contributed by atoms with Gasteiger partial charge in [0.25, 0.3) is 0 Å². The van der Waals surface area contributed by atoms with Gasteiger partial charge in [0.1, 0.15) is 0 Å².